The number of nitrogens with zero attached hydrogens (tertiary/aromatic N) is 1. The van der Waals surface area contributed by atoms with Gasteiger partial charge in [-0.15, -0.1) is 0 Å². The van der Waals surface area contributed by atoms with Crippen molar-refractivity contribution in [2.45, 2.75) is 25.4 Å². The highest BCUT2D eigenvalue weighted by atomic mass is 19.4. The number of hydrogen-bond acceptors (Lipinski definition) is 2. The summed E-state index contributed by atoms with van der Waals surface area (Å²) in [4.78, 5) is 14.4. The normalized spacial score (nSPS) is 15.5. The van der Waals surface area contributed by atoms with Gasteiger partial charge in [-0.05, 0) is 49.1 Å². The summed E-state index contributed by atoms with van der Waals surface area (Å²) in [6.07, 6.45) is -0.462. The van der Waals surface area contributed by atoms with Crippen molar-refractivity contribution in [3.05, 3.63) is 66.2 Å². The second kappa shape index (κ2) is 8.29. The van der Waals surface area contributed by atoms with Crippen LogP contribution in [-0.4, -0.2) is 25.2 Å². The van der Waals surface area contributed by atoms with Crippen LogP contribution in [0, 0.1) is 0 Å². The monoisotopic (exact) mass is 374 g/mol. The summed E-state index contributed by atoms with van der Waals surface area (Å²) < 4.78 is 39.9. The van der Waals surface area contributed by atoms with Crippen LogP contribution in [0.3, 0.4) is 0 Å². The van der Waals surface area contributed by atoms with Gasteiger partial charge in [0.1, 0.15) is 0 Å². The lowest BCUT2D eigenvalue weighted by atomic mass is 10.1. The van der Waals surface area contributed by atoms with Crippen molar-refractivity contribution in [1.82, 2.24) is 0 Å². The molecule has 0 bridgehead atoms. The number of nitrogens with one attached hydrogen (secondary N) is 1. The number of anilines is 2. The second-order valence-electron chi connectivity index (χ2n) is 6.51. The molecular weight excluding hydrogens is 353 g/mol. The van der Waals surface area contributed by atoms with Crippen LogP contribution in [0.4, 0.5) is 24.5 Å². The number of piperidine rings is 1. The molecule has 0 unspecified atom stereocenters. The van der Waals surface area contributed by atoms with Crippen molar-refractivity contribution < 1.29 is 18.0 Å². The first kappa shape index (κ1) is 19.0. The zero-order valence-electron chi connectivity index (χ0n) is 14.8. The lowest BCUT2D eigenvalue weighted by molar-refractivity contribution is -0.112. The molecular formula is C21H21F3N2O. The summed E-state index contributed by atoms with van der Waals surface area (Å²) in [7, 11) is 0. The van der Waals surface area contributed by atoms with E-state index >= 15 is 0 Å². The van der Waals surface area contributed by atoms with E-state index in [1.54, 1.807) is 18.2 Å². The van der Waals surface area contributed by atoms with Crippen molar-refractivity contribution in [2.75, 3.05) is 23.3 Å². The molecule has 1 amide bonds. The molecule has 2 aromatic carbocycles. The van der Waals surface area contributed by atoms with Crippen molar-refractivity contribution in [2.24, 2.45) is 0 Å². The van der Waals surface area contributed by atoms with E-state index in [0.29, 0.717) is 11.8 Å². The quantitative estimate of drug-likeness (QED) is 0.740. The smallest absolute Gasteiger partial charge is 0.372 e. The van der Waals surface area contributed by atoms with Gasteiger partial charge in [-0.3, -0.25) is 4.79 Å². The maximum Gasteiger partial charge on any atom is 0.417 e. The molecule has 1 saturated heterocycles. The van der Waals surface area contributed by atoms with E-state index in [0.717, 1.165) is 31.6 Å². The molecule has 1 fully saturated rings. The molecule has 2 aromatic rings. The zero-order chi connectivity index (χ0) is 19.3. The molecule has 1 aliphatic rings. The minimum atomic E-state index is -4.61. The number of rotatable bonds is 4. The average Bonchev–Trinajstić information content (AvgIpc) is 2.67. The Hall–Kier alpha value is -2.76. The molecule has 0 aromatic heterocycles. The van der Waals surface area contributed by atoms with E-state index in [9.17, 15) is 18.0 Å². The van der Waals surface area contributed by atoms with Crippen LogP contribution >= 0.6 is 0 Å². The van der Waals surface area contributed by atoms with E-state index < -0.39 is 17.7 Å². The fraction of sp³-hybridized carbons (Fsp3) is 0.286. The maximum absolute atomic E-state index is 13.3. The van der Waals surface area contributed by atoms with Gasteiger partial charge in [-0.25, -0.2) is 0 Å². The van der Waals surface area contributed by atoms with E-state index in [-0.39, 0.29) is 5.56 Å². The summed E-state index contributed by atoms with van der Waals surface area (Å²) in [6.45, 7) is 2.00. The average molecular weight is 374 g/mol. The fourth-order valence-electron chi connectivity index (χ4n) is 3.16. The summed E-state index contributed by atoms with van der Waals surface area (Å²) >= 11 is 0. The molecule has 3 rings (SSSR count). The minimum Gasteiger partial charge on any atom is -0.372 e. The van der Waals surface area contributed by atoms with Crippen LogP contribution in [0.25, 0.3) is 5.57 Å². The van der Waals surface area contributed by atoms with E-state index in [4.69, 9.17) is 0 Å². The Bertz CT molecular complexity index is 792. The molecule has 0 spiro atoms. The third-order valence-electron chi connectivity index (χ3n) is 4.52. The molecule has 1 heterocycles. The maximum atomic E-state index is 13.3. The summed E-state index contributed by atoms with van der Waals surface area (Å²) in [6, 6.07) is 14.5. The predicted octanol–water partition coefficient (Wildman–Crippen LogP) is 5.26. The number of carbonyl (C=O) groups excluding carboxylic acids is 1. The standard InChI is InChI=1S/C21H21F3N2O/c22-21(23,24)19(16-7-3-1-4-8-16)15-20(27)25-17-9-11-18(12-10-17)26-13-5-2-6-14-26/h1,3-4,7-12,15H,2,5-6,13-14H2,(H,25,27)/b19-15-. The van der Waals surface area contributed by atoms with Crippen LogP contribution in [0.2, 0.25) is 0 Å². The van der Waals surface area contributed by atoms with Gasteiger partial charge in [-0.2, -0.15) is 13.2 Å². The Morgan fingerprint density at radius 2 is 1.56 bits per heavy atom. The topological polar surface area (TPSA) is 32.3 Å². The van der Waals surface area contributed by atoms with E-state index in [1.165, 1.54) is 30.7 Å². The van der Waals surface area contributed by atoms with Crippen molar-refractivity contribution >= 4 is 22.9 Å². The van der Waals surface area contributed by atoms with Crippen molar-refractivity contribution in [1.29, 1.82) is 0 Å². The number of allylic oxidation sites excluding steroid dienone is 1. The Labute approximate surface area is 156 Å². The lowest BCUT2D eigenvalue weighted by Gasteiger charge is -2.28. The molecule has 6 heteroatoms. The number of alkyl halides is 3. The molecule has 3 nitrogen and oxygen atoms in total. The number of amides is 1. The lowest BCUT2D eigenvalue weighted by Crippen LogP contribution is -2.29. The highest BCUT2D eigenvalue weighted by Gasteiger charge is 2.35. The SMILES string of the molecule is O=C(/C=C(/c1ccccc1)C(F)(F)F)Nc1ccc(N2CCCCC2)cc1. The minimum absolute atomic E-state index is 0.0411. The van der Waals surface area contributed by atoms with Crippen LogP contribution in [0.5, 0.6) is 0 Å². The second-order valence-corrected chi connectivity index (χ2v) is 6.51. The molecule has 1 aliphatic heterocycles. The molecule has 0 saturated carbocycles. The predicted molar refractivity (Wildman–Crippen MR) is 102 cm³/mol. The Balaban J connectivity index is 1.72. The van der Waals surface area contributed by atoms with Gasteiger partial charge in [0.05, 0.1) is 5.57 Å². The summed E-state index contributed by atoms with van der Waals surface area (Å²) in [5.41, 5.74) is 0.515. The third-order valence-corrected chi connectivity index (χ3v) is 4.52. The van der Waals surface area contributed by atoms with Gasteiger partial charge in [0.25, 0.3) is 0 Å². The summed E-state index contributed by atoms with van der Waals surface area (Å²) in [5, 5.41) is 2.51. The van der Waals surface area contributed by atoms with E-state index in [2.05, 4.69) is 10.2 Å². The first-order valence-electron chi connectivity index (χ1n) is 8.94. The molecule has 0 atom stereocenters. The molecule has 27 heavy (non-hydrogen) atoms. The van der Waals surface area contributed by atoms with Gasteiger partial charge < -0.3 is 10.2 Å². The first-order valence-corrected chi connectivity index (χ1v) is 8.94. The van der Waals surface area contributed by atoms with Crippen LogP contribution in [0.1, 0.15) is 24.8 Å². The van der Waals surface area contributed by atoms with Gasteiger partial charge in [-0.1, -0.05) is 30.3 Å². The number of carbonyl (C=O) groups is 1. The molecule has 142 valence electrons. The molecule has 1 N–H and O–H groups in total. The van der Waals surface area contributed by atoms with Gasteiger partial charge in [0.15, 0.2) is 0 Å². The fourth-order valence-corrected chi connectivity index (χ4v) is 3.16. The largest absolute Gasteiger partial charge is 0.417 e. The van der Waals surface area contributed by atoms with Crippen molar-refractivity contribution in [3.8, 4) is 0 Å². The Morgan fingerprint density at radius 1 is 0.926 bits per heavy atom. The number of benzene rings is 2. The van der Waals surface area contributed by atoms with E-state index in [1.807, 2.05) is 12.1 Å². The highest BCUT2D eigenvalue weighted by Crippen LogP contribution is 2.33. The van der Waals surface area contributed by atoms with Crippen LogP contribution in [0.15, 0.2) is 60.7 Å². The number of halogens is 3. The van der Waals surface area contributed by atoms with Gasteiger partial charge >= 0.3 is 6.18 Å². The summed E-state index contributed by atoms with van der Waals surface area (Å²) in [5.74, 6) is -0.808. The van der Waals surface area contributed by atoms with Crippen molar-refractivity contribution in [3.63, 3.8) is 0 Å². The van der Waals surface area contributed by atoms with Gasteiger partial charge in [0.2, 0.25) is 5.91 Å². The molecule has 0 aliphatic carbocycles. The van der Waals surface area contributed by atoms with Crippen LogP contribution in [-0.2, 0) is 4.79 Å². The first-order chi connectivity index (χ1) is 12.9. The highest BCUT2D eigenvalue weighted by molar-refractivity contribution is 6.04. The van der Waals surface area contributed by atoms with Crippen LogP contribution < -0.4 is 10.2 Å². The Kier molecular flexibility index (Phi) is 5.84. The Morgan fingerprint density at radius 3 is 2.15 bits per heavy atom. The zero-order valence-corrected chi connectivity index (χ0v) is 14.8. The third kappa shape index (κ3) is 5.12. The number of hydrogen-bond donors (Lipinski definition) is 1. The van der Waals surface area contributed by atoms with Gasteiger partial charge in [0, 0.05) is 30.5 Å². The molecule has 0 radical (unpaired) electrons.